The zero-order valence-electron chi connectivity index (χ0n) is 9.18. The quantitative estimate of drug-likeness (QED) is 0.631. The zero-order chi connectivity index (χ0) is 13.5. The molecule has 0 fully saturated rings. The van der Waals surface area contributed by atoms with Crippen LogP contribution in [0.25, 0.3) is 6.08 Å². The van der Waals surface area contributed by atoms with Gasteiger partial charge in [-0.15, -0.1) is 0 Å². The first-order valence-electron chi connectivity index (χ1n) is 4.90. The van der Waals surface area contributed by atoms with Crippen LogP contribution in [-0.2, 0) is 9.59 Å². The van der Waals surface area contributed by atoms with Gasteiger partial charge in [-0.1, -0.05) is 11.8 Å². The molecule has 0 aliphatic rings. The summed E-state index contributed by atoms with van der Waals surface area (Å²) in [5.41, 5.74) is 0.502. The Labute approximate surface area is 102 Å². The van der Waals surface area contributed by atoms with Crippen LogP contribution in [0.1, 0.15) is 17.5 Å². The molecule has 1 rings (SSSR count). The van der Waals surface area contributed by atoms with E-state index in [0.717, 1.165) is 18.2 Å². The van der Waals surface area contributed by atoms with Crippen molar-refractivity contribution in [2.75, 3.05) is 0 Å². The summed E-state index contributed by atoms with van der Waals surface area (Å²) in [6, 6.07) is 3.89. The van der Waals surface area contributed by atoms with E-state index in [4.69, 9.17) is 10.2 Å². The standard InChI is InChI=1S/C13H9FO4/c14-11-6-4-9(2-1-3-12(15)16)8-10(11)5-7-13(17)18/h4-8H,3H2,(H,15,16)(H,17,18)/b7-5+. The highest BCUT2D eigenvalue weighted by atomic mass is 19.1. The van der Waals surface area contributed by atoms with Crippen molar-refractivity contribution >= 4 is 18.0 Å². The molecule has 1 aromatic rings. The fourth-order valence-electron chi connectivity index (χ4n) is 1.13. The third kappa shape index (κ3) is 4.49. The van der Waals surface area contributed by atoms with E-state index in [1.54, 1.807) is 0 Å². The van der Waals surface area contributed by atoms with Crippen molar-refractivity contribution in [2.24, 2.45) is 0 Å². The summed E-state index contributed by atoms with van der Waals surface area (Å²) in [5.74, 6) is 2.15. The maximum absolute atomic E-state index is 13.3. The summed E-state index contributed by atoms with van der Waals surface area (Å²) in [6.45, 7) is 0. The maximum atomic E-state index is 13.3. The van der Waals surface area contributed by atoms with Gasteiger partial charge in [0.05, 0.1) is 0 Å². The third-order valence-corrected chi connectivity index (χ3v) is 1.87. The second-order valence-electron chi connectivity index (χ2n) is 3.28. The van der Waals surface area contributed by atoms with Crippen LogP contribution >= 0.6 is 0 Å². The number of hydrogen-bond acceptors (Lipinski definition) is 2. The molecular formula is C13H9FO4. The number of halogens is 1. The number of aliphatic carboxylic acids is 2. The van der Waals surface area contributed by atoms with E-state index in [0.29, 0.717) is 5.56 Å². The summed E-state index contributed by atoms with van der Waals surface area (Å²) in [5, 5.41) is 16.8. The molecule has 0 aromatic heterocycles. The predicted molar refractivity (Wildman–Crippen MR) is 62.2 cm³/mol. The smallest absolute Gasteiger partial charge is 0.328 e. The van der Waals surface area contributed by atoms with Gasteiger partial charge >= 0.3 is 11.9 Å². The van der Waals surface area contributed by atoms with Crippen molar-refractivity contribution in [1.29, 1.82) is 0 Å². The number of benzene rings is 1. The molecule has 0 amide bonds. The van der Waals surface area contributed by atoms with Crippen LogP contribution in [0, 0.1) is 17.7 Å². The molecule has 1 aromatic carbocycles. The minimum absolute atomic E-state index is 0.0829. The van der Waals surface area contributed by atoms with Crippen LogP contribution in [0.15, 0.2) is 24.3 Å². The Morgan fingerprint density at radius 3 is 2.67 bits per heavy atom. The number of carbonyl (C=O) groups is 2. The van der Waals surface area contributed by atoms with Gasteiger partial charge in [0.25, 0.3) is 0 Å². The van der Waals surface area contributed by atoms with E-state index in [1.165, 1.54) is 12.1 Å². The maximum Gasteiger partial charge on any atom is 0.328 e. The Morgan fingerprint density at radius 2 is 2.06 bits per heavy atom. The molecule has 0 heterocycles. The first-order chi connectivity index (χ1) is 8.49. The van der Waals surface area contributed by atoms with Crippen molar-refractivity contribution in [3.8, 4) is 11.8 Å². The summed E-state index contributed by atoms with van der Waals surface area (Å²) < 4.78 is 13.3. The number of carboxylic acids is 2. The van der Waals surface area contributed by atoms with Gasteiger partial charge in [0.2, 0.25) is 0 Å². The van der Waals surface area contributed by atoms with Gasteiger partial charge in [0, 0.05) is 17.2 Å². The van der Waals surface area contributed by atoms with Gasteiger partial charge in [0.1, 0.15) is 12.2 Å². The van der Waals surface area contributed by atoms with Crippen LogP contribution in [0.4, 0.5) is 4.39 Å². The molecule has 0 radical (unpaired) electrons. The predicted octanol–water partition coefficient (Wildman–Crippen LogP) is 1.75. The molecule has 0 saturated carbocycles. The lowest BCUT2D eigenvalue weighted by molar-refractivity contribution is -0.136. The first kappa shape index (κ1) is 13.5. The molecule has 0 unspecified atom stereocenters. The molecule has 5 heteroatoms. The number of rotatable bonds is 3. The molecule has 18 heavy (non-hydrogen) atoms. The Kier molecular flexibility index (Phi) is 4.64. The second-order valence-corrected chi connectivity index (χ2v) is 3.28. The van der Waals surface area contributed by atoms with Crippen molar-refractivity contribution in [3.05, 3.63) is 41.2 Å². The summed E-state index contributed by atoms with van der Waals surface area (Å²) in [6.07, 6.45) is 1.62. The van der Waals surface area contributed by atoms with E-state index in [2.05, 4.69) is 11.8 Å². The molecule has 0 spiro atoms. The van der Waals surface area contributed by atoms with Gasteiger partial charge in [0.15, 0.2) is 0 Å². The summed E-state index contributed by atoms with van der Waals surface area (Å²) in [4.78, 5) is 20.6. The second kappa shape index (κ2) is 6.21. The van der Waals surface area contributed by atoms with Crippen LogP contribution in [0.3, 0.4) is 0 Å². The molecule has 0 saturated heterocycles. The first-order valence-corrected chi connectivity index (χ1v) is 4.90. The van der Waals surface area contributed by atoms with Crippen LogP contribution in [0.2, 0.25) is 0 Å². The fourth-order valence-corrected chi connectivity index (χ4v) is 1.13. The minimum atomic E-state index is -1.18. The summed E-state index contributed by atoms with van der Waals surface area (Å²) in [7, 11) is 0. The van der Waals surface area contributed by atoms with Gasteiger partial charge in [-0.2, -0.15) is 0 Å². The zero-order valence-corrected chi connectivity index (χ0v) is 9.18. The molecular weight excluding hydrogens is 239 g/mol. The lowest BCUT2D eigenvalue weighted by Gasteiger charge is -1.97. The lowest BCUT2D eigenvalue weighted by atomic mass is 10.1. The highest BCUT2D eigenvalue weighted by Gasteiger charge is 2.00. The normalized spacial score (nSPS) is 9.83. The average Bonchev–Trinajstić information content (AvgIpc) is 2.29. The molecule has 0 atom stereocenters. The Morgan fingerprint density at radius 1 is 1.33 bits per heavy atom. The van der Waals surface area contributed by atoms with Crippen molar-refractivity contribution in [2.45, 2.75) is 6.42 Å². The third-order valence-electron chi connectivity index (χ3n) is 1.87. The topological polar surface area (TPSA) is 74.6 Å². The van der Waals surface area contributed by atoms with E-state index < -0.39 is 17.8 Å². The Bertz CT molecular complexity index is 564. The van der Waals surface area contributed by atoms with E-state index in [9.17, 15) is 14.0 Å². The SMILES string of the molecule is O=C(O)/C=C/c1cc(C#CCC(=O)O)ccc1F. The lowest BCUT2D eigenvalue weighted by Crippen LogP contribution is -1.91. The van der Waals surface area contributed by atoms with Crippen molar-refractivity contribution in [3.63, 3.8) is 0 Å². The van der Waals surface area contributed by atoms with Gasteiger partial charge in [-0.3, -0.25) is 4.79 Å². The van der Waals surface area contributed by atoms with Crippen LogP contribution in [-0.4, -0.2) is 22.2 Å². The Hall–Kier alpha value is -2.61. The van der Waals surface area contributed by atoms with Gasteiger partial charge in [-0.25, -0.2) is 9.18 Å². The average molecular weight is 248 g/mol. The van der Waals surface area contributed by atoms with Crippen molar-refractivity contribution < 1.29 is 24.2 Å². The van der Waals surface area contributed by atoms with Crippen LogP contribution in [0.5, 0.6) is 0 Å². The molecule has 4 nitrogen and oxygen atoms in total. The molecule has 0 aliphatic carbocycles. The van der Waals surface area contributed by atoms with E-state index >= 15 is 0 Å². The molecule has 92 valence electrons. The molecule has 2 N–H and O–H groups in total. The van der Waals surface area contributed by atoms with Crippen molar-refractivity contribution in [1.82, 2.24) is 0 Å². The minimum Gasteiger partial charge on any atom is -0.481 e. The van der Waals surface area contributed by atoms with Crippen LogP contribution < -0.4 is 0 Å². The van der Waals surface area contributed by atoms with Gasteiger partial charge < -0.3 is 10.2 Å². The highest BCUT2D eigenvalue weighted by molar-refractivity contribution is 5.85. The van der Waals surface area contributed by atoms with E-state index in [1.807, 2.05) is 0 Å². The Balaban J connectivity index is 2.95. The monoisotopic (exact) mass is 248 g/mol. The number of hydrogen-bond donors (Lipinski definition) is 2. The largest absolute Gasteiger partial charge is 0.481 e. The number of carboxylic acid groups (broad SMARTS) is 2. The van der Waals surface area contributed by atoms with E-state index in [-0.39, 0.29) is 12.0 Å². The molecule has 0 bridgehead atoms. The fraction of sp³-hybridized carbons (Fsp3) is 0.0769. The highest BCUT2D eigenvalue weighted by Crippen LogP contribution is 2.11. The van der Waals surface area contributed by atoms with Gasteiger partial charge in [-0.05, 0) is 24.3 Å². The summed E-state index contributed by atoms with van der Waals surface area (Å²) >= 11 is 0. The molecule has 0 aliphatic heterocycles.